The number of ether oxygens (including phenoxy) is 1. The van der Waals surface area contributed by atoms with Crippen LogP contribution >= 0.6 is 39.9 Å². The number of nitrogens with one attached hydrogen (secondary N) is 2. The number of benzene rings is 2. The lowest BCUT2D eigenvalue weighted by atomic mass is 10.2. The van der Waals surface area contributed by atoms with E-state index in [1.165, 1.54) is 0 Å². The molecule has 0 saturated heterocycles. The first-order chi connectivity index (χ1) is 13.4. The van der Waals surface area contributed by atoms with Crippen molar-refractivity contribution in [2.45, 2.75) is 19.9 Å². The normalized spacial score (nSPS) is 10.7. The molecule has 0 radical (unpaired) electrons. The van der Waals surface area contributed by atoms with E-state index in [9.17, 15) is 4.79 Å². The number of guanidine groups is 1. The van der Waals surface area contributed by atoms with Crippen LogP contribution in [0.4, 0.5) is 5.69 Å². The highest BCUT2D eigenvalue weighted by Gasteiger charge is 2.09. The average Bonchev–Trinajstić information content (AvgIpc) is 2.68. The number of carbonyl (C=O) groups is 1. The van der Waals surface area contributed by atoms with Gasteiger partial charge in [0.25, 0.3) is 0 Å². The maximum atomic E-state index is 12.2. The highest BCUT2D eigenvalue weighted by molar-refractivity contribution is 14.0. The summed E-state index contributed by atoms with van der Waals surface area (Å²) in [5.74, 6) is 1.53. The number of hydrogen-bond acceptors (Lipinski definition) is 3. The Morgan fingerprint density at radius 1 is 1.21 bits per heavy atom. The number of aliphatic imine (C=N–C) groups is 1. The Bertz CT molecular complexity index is 828. The predicted octanol–water partition coefficient (Wildman–Crippen LogP) is 4.42. The molecular formula is C21H28BrIN4O2. The molecule has 2 aromatic carbocycles. The zero-order valence-electron chi connectivity index (χ0n) is 17.2. The fraction of sp³-hybridized carbons (Fsp3) is 0.333. The Kier molecular flexibility index (Phi) is 11.0. The Morgan fingerprint density at radius 3 is 2.52 bits per heavy atom. The molecule has 0 aliphatic heterocycles. The van der Waals surface area contributed by atoms with E-state index in [2.05, 4.69) is 31.6 Å². The quantitative estimate of drug-likeness (QED) is 0.292. The van der Waals surface area contributed by atoms with Gasteiger partial charge >= 0.3 is 0 Å². The number of methoxy groups -OCH3 is 1. The highest BCUT2D eigenvalue weighted by atomic mass is 127. The van der Waals surface area contributed by atoms with Crippen LogP contribution in [-0.4, -0.2) is 44.5 Å². The maximum absolute atomic E-state index is 12.2. The monoisotopic (exact) mass is 574 g/mol. The second kappa shape index (κ2) is 12.7. The Balaban J connectivity index is 0.00000420. The van der Waals surface area contributed by atoms with Crippen molar-refractivity contribution in [3.8, 4) is 5.75 Å². The lowest BCUT2D eigenvalue weighted by Gasteiger charge is -2.22. The van der Waals surface area contributed by atoms with E-state index in [1.807, 2.05) is 61.3 Å². The summed E-state index contributed by atoms with van der Waals surface area (Å²) in [6.07, 6.45) is 0.349. The molecule has 0 saturated carbocycles. The third kappa shape index (κ3) is 8.22. The van der Waals surface area contributed by atoms with Gasteiger partial charge in [-0.1, -0.05) is 34.1 Å². The summed E-state index contributed by atoms with van der Waals surface area (Å²) in [4.78, 5) is 18.5. The third-order valence-electron chi connectivity index (χ3n) is 4.26. The molecule has 0 aliphatic rings. The molecule has 0 spiro atoms. The van der Waals surface area contributed by atoms with E-state index in [-0.39, 0.29) is 29.9 Å². The third-order valence-corrected chi connectivity index (χ3v) is 4.75. The van der Waals surface area contributed by atoms with Crippen LogP contribution in [0, 0.1) is 6.92 Å². The molecule has 29 heavy (non-hydrogen) atoms. The van der Waals surface area contributed by atoms with Crippen molar-refractivity contribution in [1.29, 1.82) is 0 Å². The van der Waals surface area contributed by atoms with E-state index in [0.717, 1.165) is 33.0 Å². The zero-order chi connectivity index (χ0) is 20.5. The standard InChI is InChI=1S/C21H27BrN4O2.HI/c1-15-5-8-17(22)13-19(15)25-20(27)11-12-24-21(23-2)26(3)14-16-6-9-18(28-4)10-7-16;/h5-10,13H,11-12,14H2,1-4H3,(H,23,24)(H,25,27);1H. The topological polar surface area (TPSA) is 66.0 Å². The summed E-state index contributed by atoms with van der Waals surface area (Å²) in [6, 6.07) is 13.7. The van der Waals surface area contributed by atoms with Gasteiger partial charge in [0, 0.05) is 43.8 Å². The van der Waals surface area contributed by atoms with Crippen molar-refractivity contribution in [3.05, 3.63) is 58.1 Å². The Morgan fingerprint density at radius 2 is 1.90 bits per heavy atom. The first kappa shape index (κ1) is 25.2. The highest BCUT2D eigenvalue weighted by Crippen LogP contribution is 2.20. The Hall–Kier alpha value is -1.81. The van der Waals surface area contributed by atoms with Crippen molar-refractivity contribution in [2.24, 2.45) is 4.99 Å². The Labute approximate surface area is 198 Å². The molecule has 0 aliphatic carbocycles. The van der Waals surface area contributed by atoms with E-state index < -0.39 is 0 Å². The summed E-state index contributed by atoms with van der Waals surface area (Å²) < 4.78 is 6.12. The first-order valence-electron chi connectivity index (χ1n) is 9.03. The molecule has 2 rings (SSSR count). The molecule has 0 unspecified atom stereocenters. The molecule has 0 bridgehead atoms. The van der Waals surface area contributed by atoms with Crippen LogP contribution in [0.15, 0.2) is 51.9 Å². The molecule has 8 heteroatoms. The van der Waals surface area contributed by atoms with Crippen LogP contribution < -0.4 is 15.4 Å². The van der Waals surface area contributed by atoms with Gasteiger partial charge in [-0.25, -0.2) is 0 Å². The maximum Gasteiger partial charge on any atom is 0.226 e. The number of halogens is 2. The van der Waals surface area contributed by atoms with E-state index in [0.29, 0.717) is 19.5 Å². The van der Waals surface area contributed by atoms with Crippen molar-refractivity contribution in [2.75, 3.05) is 33.1 Å². The average molecular weight is 575 g/mol. The van der Waals surface area contributed by atoms with Crippen molar-refractivity contribution < 1.29 is 9.53 Å². The van der Waals surface area contributed by atoms with Crippen LogP contribution in [0.1, 0.15) is 17.5 Å². The van der Waals surface area contributed by atoms with Gasteiger partial charge in [0.05, 0.1) is 7.11 Å². The van der Waals surface area contributed by atoms with Gasteiger partial charge in [0.2, 0.25) is 5.91 Å². The molecule has 0 atom stereocenters. The number of carbonyl (C=O) groups excluding carboxylic acids is 1. The van der Waals surface area contributed by atoms with Gasteiger partial charge in [0.15, 0.2) is 5.96 Å². The van der Waals surface area contributed by atoms with Gasteiger partial charge < -0.3 is 20.3 Å². The SMILES string of the molecule is CN=C(NCCC(=O)Nc1cc(Br)ccc1C)N(C)Cc1ccc(OC)cc1.I. The molecule has 158 valence electrons. The van der Waals surface area contributed by atoms with Crippen LogP contribution in [0.5, 0.6) is 5.75 Å². The molecular weight excluding hydrogens is 547 g/mol. The second-order valence-corrected chi connectivity index (χ2v) is 7.35. The summed E-state index contributed by atoms with van der Waals surface area (Å²) in [5.41, 5.74) is 2.99. The number of anilines is 1. The fourth-order valence-corrected chi connectivity index (χ4v) is 3.05. The predicted molar refractivity (Wildman–Crippen MR) is 133 cm³/mol. The minimum atomic E-state index is -0.0399. The van der Waals surface area contributed by atoms with E-state index in [4.69, 9.17) is 4.74 Å². The summed E-state index contributed by atoms with van der Waals surface area (Å²) in [7, 11) is 5.35. The smallest absolute Gasteiger partial charge is 0.226 e. The number of rotatable bonds is 7. The lowest BCUT2D eigenvalue weighted by molar-refractivity contribution is -0.116. The van der Waals surface area contributed by atoms with Crippen LogP contribution in [0.2, 0.25) is 0 Å². The molecule has 2 N–H and O–H groups in total. The van der Waals surface area contributed by atoms with Gasteiger partial charge in [-0.15, -0.1) is 24.0 Å². The number of hydrogen-bond donors (Lipinski definition) is 2. The molecule has 0 fully saturated rings. The number of nitrogens with zero attached hydrogens (tertiary/aromatic N) is 2. The second-order valence-electron chi connectivity index (χ2n) is 6.44. The van der Waals surface area contributed by atoms with Gasteiger partial charge in [0.1, 0.15) is 5.75 Å². The van der Waals surface area contributed by atoms with Crippen LogP contribution in [0.3, 0.4) is 0 Å². The van der Waals surface area contributed by atoms with E-state index >= 15 is 0 Å². The van der Waals surface area contributed by atoms with Gasteiger partial charge in [-0.3, -0.25) is 9.79 Å². The zero-order valence-corrected chi connectivity index (χ0v) is 21.1. The minimum Gasteiger partial charge on any atom is -0.497 e. The van der Waals surface area contributed by atoms with Gasteiger partial charge in [-0.2, -0.15) is 0 Å². The largest absolute Gasteiger partial charge is 0.497 e. The van der Waals surface area contributed by atoms with Crippen molar-refractivity contribution in [3.63, 3.8) is 0 Å². The number of amides is 1. The summed E-state index contributed by atoms with van der Waals surface area (Å²) in [6.45, 7) is 3.17. The van der Waals surface area contributed by atoms with Crippen LogP contribution in [0.25, 0.3) is 0 Å². The van der Waals surface area contributed by atoms with Gasteiger partial charge in [-0.05, 0) is 42.3 Å². The molecule has 2 aromatic rings. The fourth-order valence-electron chi connectivity index (χ4n) is 2.69. The summed E-state index contributed by atoms with van der Waals surface area (Å²) >= 11 is 3.43. The summed E-state index contributed by atoms with van der Waals surface area (Å²) in [5, 5.41) is 6.18. The molecule has 6 nitrogen and oxygen atoms in total. The lowest BCUT2D eigenvalue weighted by Crippen LogP contribution is -2.39. The molecule has 0 heterocycles. The van der Waals surface area contributed by atoms with E-state index in [1.54, 1.807) is 14.2 Å². The first-order valence-corrected chi connectivity index (χ1v) is 9.83. The molecule has 1 amide bonds. The van der Waals surface area contributed by atoms with Crippen molar-refractivity contribution in [1.82, 2.24) is 10.2 Å². The van der Waals surface area contributed by atoms with Crippen molar-refractivity contribution >= 4 is 57.5 Å². The number of aryl methyl sites for hydroxylation is 1. The minimum absolute atomic E-state index is 0. The van der Waals surface area contributed by atoms with Crippen LogP contribution in [-0.2, 0) is 11.3 Å². The molecule has 0 aromatic heterocycles.